The van der Waals surface area contributed by atoms with Gasteiger partial charge in [0.2, 0.25) is 0 Å². The van der Waals surface area contributed by atoms with Gasteiger partial charge in [-0.15, -0.1) is 0 Å². The van der Waals surface area contributed by atoms with Gasteiger partial charge >= 0.3 is 0 Å². The molecule has 90 valence electrons. The molecule has 16 heavy (non-hydrogen) atoms. The van der Waals surface area contributed by atoms with Gasteiger partial charge in [-0.05, 0) is 25.3 Å². The molecule has 1 aromatic rings. The van der Waals surface area contributed by atoms with E-state index in [1.165, 1.54) is 32.1 Å². The van der Waals surface area contributed by atoms with Gasteiger partial charge in [0.15, 0.2) is 5.82 Å². The van der Waals surface area contributed by atoms with Crippen molar-refractivity contribution in [3.8, 4) is 0 Å². The Kier molecular flexibility index (Phi) is 4.34. The van der Waals surface area contributed by atoms with Crippen LogP contribution in [0.4, 0.5) is 0 Å². The van der Waals surface area contributed by atoms with Crippen LogP contribution < -0.4 is 5.32 Å². The second kappa shape index (κ2) is 5.99. The molecule has 0 unspecified atom stereocenters. The third-order valence-corrected chi connectivity index (χ3v) is 3.29. The molecule has 1 aliphatic rings. The topological polar surface area (TPSA) is 42.7 Å². The maximum absolute atomic E-state index is 4.48. The van der Waals surface area contributed by atoms with Crippen molar-refractivity contribution in [2.75, 3.05) is 6.54 Å². The standard InChI is InChI=1S/C12H22N4/c1-2-13-8-12-14-10-16(15-12)9-11-6-4-3-5-7-11/h10-11,13H,2-9H2,1H3. The van der Waals surface area contributed by atoms with E-state index in [0.29, 0.717) is 0 Å². The molecule has 0 aromatic carbocycles. The Morgan fingerprint density at radius 3 is 2.94 bits per heavy atom. The fourth-order valence-electron chi connectivity index (χ4n) is 2.37. The first-order valence-corrected chi connectivity index (χ1v) is 6.47. The Hall–Kier alpha value is -0.900. The lowest BCUT2D eigenvalue weighted by Crippen LogP contribution is -2.16. The van der Waals surface area contributed by atoms with Crippen LogP contribution in [0.1, 0.15) is 44.9 Å². The molecule has 4 nitrogen and oxygen atoms in total. The van der Waals surface area contributed by atoms with Crippen LogP contribution in [-0.2, 0) is 13.1 Å². The van der Waals surface area contributed by atoms with E-state index in [0.717, 1.165) is 31.4 Å². The van der Waals surface area contributed by atoms with Crippen molar-refractivity contribution in [3.63, 3.8) is 0 Å². The maximum Gasteiger partial charge on any atom is 0.164 e. The SMILES string of the molecule is CCNCc1ncn(CC2CCCCC2)n1. The van der Waals surface area contributed by atoms with Crippen molar-refractivity contribution in [1.82, 2.24) is 20.1 Å². The van der Waals surface area contributed by atoms with Crippen molar-refractivity contribution in [3.05, 3.63) is 12.2 Å². The Balaban J connectivity index is 1.81. The molecule has 1 heterocycles. The van der Waals surface area contributed by atoms with Crippen molar-refractivity contribution < 1.29 is 0 Å². The average molecular weight is 222 g/mol. The van der Waals surface area contributed by atoms with Gasteiger partial charge in [-0.3, -0.25) is 4.68 Å². The van der Waals surface area contributed by atoms with Crippen LogP contribution >= 0.6 is 0 Å². The van der Waals surface area contributed by atoms with Crippen molar-refractivity contribution in [2.45, 2.75) is 52.1 Å². The second-order valence-electron chi connectivity index (χ2n) is 4.67. The van der Waals surface area contributed by atoms with E-state index in [1.54, 1.807) is 0 Å². The van der Waals surface area contributed by atoms with Crippen molar-refractivity contribution in [1.29, 1.82) is 0 Å². The van der Waals surface area contributed by atoms with Gasteiger partial charge in [-0.25, -0.2) is 4.98 Å². The molecule has 1 N–H and O–H groups in total. The van der Waals surface area contributed by atoms with Crippen LogP contribution in [0.15, 0.2) is 6.33 Å². The highest BCUT2D eigenvalue weighted by molar-refractivity contribution is 4.81. The molecule has 1 aliphatic carbocycles. The maximum atomic E-state index is 4.48. The summed E-state index contributed by atoms with van der Waals surface area (Å²) in [6.07, 6.45) is 8.80. The molecule has 0 saturated heterocycles. The Bertz CT molecular complexity index is 302. The zero-order valence-corrected chi connectivity index (χ0v) is 10.2. The zero-order valence-electron chi connectivity index (χ0n) is 10.2. The Morgan fingerprint density at radius 2 is 2.19 bits per heavy atom. The van der Waals surface area contributed by atoms with Crippen molar-refractivity contribution in [2.24, 2.45) is 5.92 Å². The normalized spacial score (nSPS) is 17.8. The van der Waals surface area contributed by atoms with Crippen LogP contribution in [-0.4, -0.2) is 21.3 Å². The zero-order chi connectivity index (χ0) is 11.2. The van der Waals surface area contributed by atoms with E-state index in [9.17, 15) is 0 Å². The molecule has 1 aromatic heterocycles. The minimum absolute atomic E-state index is 0.786. The van der Waals surface area contributed by atoms with E-state index in [2.05, 4.69) is 22.3 Å². The Morgan fingerprint density at radius 1 is 1.38 bits per heavy atom. The van der Waals surface area contributed by atoms with Gasteiger partial charge in [-0.2, -0.15) is 5.10 Å². The second-order valence-corrected chi connectivity index (χ2v) is 4.67. The van der Waals surface area contributed by atoms with Crippen LogP contribution in [0, 0.1) is 5.92 Å². The van der Waals surface area contributed by atoms with E-state index in [-0.39, 0.29) is 0 Å². The molecule has 0 radical (unpaired) electrons. The molecular formula is C12H22N4. The van der Waals surface area contributed by atoms with Crippen LogP contribution in [0.5, 0.6) is 0 Å². The van der Waals surface area contributed by atoms with E-state index in [1.807, 2.05) is 11.0 Å². The number of aromatic nitrogens is 3. The highest BCUT2D eigenvalue weighted by Gasteiger charge is 2.14. The van der Waals surface area contributed by atoms with Crippen LogP contribution in [0.3, 0.4) is 0 Å². The van der Waals surface area contributed by atoms with Gasteiger partial charge in [0.1, 0.15) is 6.33 Å². The summed E-state index contributed by atoms with van der Waals surface area (Å²) in [5.41, 5.74) is 0. The molecule has 1 saturated carbocycles. The van der Waals surface area contributed by atoms with Gasteiger partial charge in [-0.1, -0.05) is 26.2 Å². The first-order chi connectivity index (χ1) is 7.88. The van der Waals surface area contributed by atoms with Gasteiger partial charge in [0, 0.05) is 6.54 Å². The lowest BCUT2D eigenvalue weighted by atomic mass is 9.89. The number of hydrogen-bond donors (Lipinski definition) is 1. The third-order valence-electron chi connectivity index (χ3n) is 3.29. The molecule has 2 rings (SSSR count). The minimum Gasteiger partial charge on any atom is -0.310 e. The van der Waals surface area contributed by atoms with Crippen LogP contribution in [0.25, 0.3) is 0 Å². The molecular weight excluding hydrogens is 200 g/mol. The van der Waals surface area contributed by atoms with E-state index >= 15 is 0 Å². The van der Waals surface area contributed by atoms with Crippen LogP contribution in [0.2, 0.25) is 0 Å². The summed E-state index contributed by atoms with van der Waals surface area (Å²) in [4.78, 5) is 4.31. The first kappa shape index (κ1) is 11.6. The highest BCUT2D eigenvalue weighted by atomic mass is 15.3. The van der Waals surface area contributed by atoms with Gasteiger partial charge in [0.25, 0.3) is 0 Å². The average Bonchev–Trinajstić information content (AvgIpc) is 2.75. The van der Waals surface area contributed by atoms with Gasteiger partial charge < -0.3 is 5.32 Å². The van der Waals surface area contributed by atoms with Gasteiger partial charge in [0.05, 0.1) is 6.54 Å². The molecule has 1 fully saturated rings. The lowest BCUT2D eigenvalue weighted by Gasteiger charge is -2.20. The predicted molar refractivity (Wildman–Crippen MR) is 64.0 cm³/mol. The summed E-state index contributed by atoms with van der Waals surface area (Å²) in [6, 6.07) is 0. The summed E-state index contributed by atoms with van der Waals surface area (Å²) < 4.78 is 2.02. The Labute approximate surface area is 97.5 Å². The number of hydrogen-bond acceptors (Lipinski definition) is 3. The molecule has 0 amide bonds. The molecule has 0 atom stereocenters. The molecule has 0 aliphatic heterocycles. The summed E-state index contributed by atoms with van der Waals surface area (Å²) in [5, 5.41) is 7.73. The van der Waals surface area contributed by atoms with E-state index in [4.69, 9.17) is 0 Å². The van der Waals surface area contributed by atoms with Crippen molar-refractivity contribution >= 4 is 0 Å². The fraction of sp³-hybridized carbons (Fsp3) is 0.833. The largest absolute Gasteiger partial charge is 0.310 e. The van der Waals surface area contributed by atoms with E-state index < -0.39 is 0 Å². The summed E-state index contributed by atoms with van der Waals surface area (Å²) in [7, 11) is 0. The monoisotopic (exact) mass is 222 g/mol. The molecule has 4 heteroatoms. The minimum atomic E-state index is 0.786. The fourth-order valence-corrected chi connectivity index (χ4v) is 2.37. The third kappa shape index (κ3) is 3.30. The molecule has 0 bridgehead atoms. The number of nitrogens with zero attached hydrogens (tertiary/aromatic N) is 3. The summed E-state index contributed by atoms with van der Waals surface area (Å²) >= 11 is 0. The number of nitrogens with one attached hydrogen (secondary N) is 1. The quantitative estimate of drug-likeness (QED) is 0.828. The highest BCUT2D eigenvalue weighted by Crippen LogP contribution is 2.24. The molecule has 0 spiro atoms. The lowest BCUT2D eigenvalue weighted by molar-refractivity contribution is 0.307. The first-order valence-electron chi connectivity index (χ1n) is 6.47. The predicted octanol–water partition coefficient (Wildman–Crippen LogP) is 1.97. The smallest absolute Gasteiger partial charge is 0.164 e. The summed E-state index contributed by atoms with van der Waals surface area (Å²) in [6.45, 7) is 4.91. The summed E-state index contributed by atoms with van der Waals surface area (Å²) in [5.74, 6) is 1.74. The number of rotatable bonds is 5.